The Labute approximate surface area is 113 Å². The van der Waals surface area contributed by atoms with Crippen molar-refractivity contribution in [2.24, 2.45) is 0 Å². The van der Waals surface area contributed by atoms with Crippen molar-refractivity contribution < 1.29 is 13.2 Å². The van der Waals surface area contributed by atoms with Gasteiger partial charge in [-0.1, -0.05) is 18.2 Å². The van der Waals surface area contributed by atoms with Gasteiger partial charge in [-0.25, -0.2) is 9.97 Å². The van der Waals surface area contributed by atoms with Gasteiger partial charge in [-0.05, 0) is 6.07 Å². The van der Waals surface area contributed by atoms with Gasteiger partial charge in [0.15, 0.2) is 0 Å². The van der Waals surface area contributed by atoms with Crippen LogP contribution in [-0.2, 0) is 19.1 Å². The van der Waals surface area contributed by atoms with Crippen LogP contribution in [-0.4, -0.2) is 16.5 Å². The van der Waals surface area contributed by atoms with Crippen molar-refractivity contribution in [3.8, 4) is 11.3 Å². The smallest absolute Gasteiger partial charge is 0.312 e. The Morgan fingerprint density at radius 3 is 2.70 bits per heavy atom. The average Bonchev–Trinajstić information content (AvgIpc) is 2.46. The largest absolute Gasteiger partial charge is 0.417 e. The molecule has 1 aromatic carbocycles. The number of benzene rings is 1. The zero-order valence-electron chi connectivity index (χ0n) is 10.5. The van der Waals surface area contributed by atoms with Crippen molar-refractivity contribution in [2.75, 3.05) is 6.54 Å². The number of rotatable bonds is 1. The zero-order chi connectivity index (χ0) is 14.2. The highest BCUT2D eigenvalue weighted by molar-refractivity contribution is 5.68. The van der Waals surface area contributed by atoms with Gasteiger partial charge in [0.05, 0.1) is 17.0 Å². The van der Waals surface area contributed by atoms with E-state index in [4.69, 9.17) is 0 Å². The number of nitrogens with one attached hydrogen (secondary N) is 1. The number of hydrogen-bond donors (Lipinski definition) is 1. The normalized spacial score (nSPS) is 14.9. The SMILES string of the molecule is FC(F)(F)c1ccccc1-c1ncnc2c1CNCC2. The molecule has 104 valence electrons. The lowest BCUT2D eigenvalue weighted by molar-refractivity contribution is -0.137. The molecule has 6 heteroatoms. The quantitative estimate of drug-likeness (QED) is 0.872. The molecule has 1 aliphatic rings. The van der Waals surface area contributed by atoms with E-state index in [1.165, 1.54) is 18.5 Å². The molecule has 2 heterocycles. The second-order valence-electron chi connectivity index (χ2n) is 4.62. The van der Waals surface area contributed by atoms with E-state index in [2.05, 4.69) is 15.3 Å². The number of halogens is 3. The van der Waals surface area contributed by atoms with Gasteiger partial charge in [0.2, 0.25) is 0 Å². The third-order valence-electron chi connectivity index (χ3n) is 3.36. The monoisotopic (exact) mass is 279 g/mol. The highest BCUT2D eigenvalue weighted by atomic mass is 19.4. The molecule has 1 aromatic heterocycles. The van der Waals surface area contributed by atoms with Gasteiger partial charge in [-0.2, -0.15) is 13.2 Å². The summed E-state index contributed by atoms with van der Waals surface area (Å²) in [6.45, 7) is 1.28. The molecule has 0 saturated carbocycles. The molecule has 0 saturated heterocycles. The van der Waals surface area contributed by atoms with Crippen LogP contribution in [0.1, 0.15) is 16.8 Å². The first-order valence-electron chi connectivity index (χ1n) is 6.27. The van der Waals surface area contributed by atoms with E-state index in [1.807, 2.05) is 0 Å². The van der Waals surface area contributed by atoms with Gasteiger partial charge >= 0.3 is 6.18 Å². The summed E-state index contributed by atoms with van der Waals surface area (Å²) >= 11 is 0. The van der Waals surface area contributed by atoms with Crippen molar-refractivity contribution >= 4 is 0 Å². The van der Waals surface area contributed by atoms with Gasteiger partial charge in [0.1, 0.15) is 6.33 Å². The summed E-state index contributed by atoms with van der Waals surface area (Å²) in [5.74, 6) is 0. The van der Waals surface area contributed by atoms with Gasteiger partial charge in [-0.3, -0.25) is 0 Å². The molecule has 2 aromatic rings. The first kappa shape index (κ1) is 13.1. The minimum atomic E-state index is -4.39. The molecular weight excluding hydrogens is 267 g/mol. The Hall–Kier alpha value is -1.95. The number of aromatic nitrogens is 2. The first-order chi connectivity index (χ1) is 9.57. The minimum absolute atomic E-state index is 0.113. The molecule has 0 radical (unpaired) electrons. The Bertz CT molecular complexity index is 638. The third kappa shape index (κ3) is 2.27. The highest BCUT2D eigenvalue weighted by Crippen LogP contribution is 2.37. The molecule has 20 heavy (non-hydrogen) atoms. The van der Waals surface area contributed by atoms with Crippen molar-refractivity contribution in [1.82, 2.24) is 15.3 Å². The molecule has 0 spiro atoms. The number of alkyl halides is 3. The Kier molecular flexibility index (Phi) is 3.17. The third-order valence-corrected chi connectivity index (χ3v) is 3.36. The fraction of sp³-hybridized carbons (Fsp3) is 0.286. The van der Waals surface area contributed by atoms with Crippen LogP contribution in [0.25, 0.3) is 11.3 Å². The Morgan fingerprint density at radius 1 is 1.10 bits per heavy atom. The van der Waals surface area contributed by atoms with E-state index in [1.54, 1.807) is 6.07 Å². The van der Waals surface area contributed by atoms with Crippen molar-refractivity contribution in [1.29, 1.82) is 0 Å². The van der Waals surface area contributed by atoms with Crippen molar-refractivity contribution in [3.63, 3.8) is 0 Å². The standard InChI is InChI=1S/C14H12F3N3/c15-14(16,17)11-4-2-1-3-9(11)13-10-7-18-6-5-12(10)19-8-20-13/h1-4,8,18H,5-7H2. The Morgan fingerprint density at radius 2 is 1.90 bits per heavy atom. The second kappa shape index (κ2) is 4.86. The summed E-state index contributed by atoms with van der Waals surface area (Å²) in [5, 5.41) is 3.15. The molecule has 1 aliphatic heterocycles. The molecule has 0 unspecified atom stereocenters. The van der Waals surface area contributed by atoms with Crippen LogP contribution in [0, 0.1) is 0 Å². The number of nitrogens with zero attached hydrogens (tertiary/aromatic N) is 2. The van der Waals surface area contributed by atoms with Crippen LogP contribution in [0.5, 0.6) is 0 Å². The van der Waals surface area contributed by atoms with Crippen molar-refractivity contribution in [2.45, 2.75) is 19.1 Å². The van der Waals surface area contributed by atoms with E-state index in [-0.39, 0.29) is 5.56 Å². The lowest BCUT2D eigenvalue weighted by atomic mass is 9.97. The van der Waals surface area contributed by atoms with E-state index in [0.29, 0.717) is 18.7 Å². The van der Waals surface area contributed by atoms with E-state index < -0.39 is 11.7 Å². The van der Waals surface area contributed by atoms with Crippen LogP contribution >= 0.6 is 0 Å². The molecule has 3 nitrogen and oxygen atoms in total. The fourth-order valence-corrected chi connectivity index (χ4v) is 2.44. The van der Waals surface area contributed by atoms with E-state index >= 15 is 0 Å². The van der Waals surface area contributed by atoms with E-state index in [9.17, 15) is 13.2 Å². The number of fused-ring (bicyclic) bond motifs is 1. The lowest BCUT2D eigenvalue weighted by Gasteiger charge is -2.20. The Balaban J connectivity index is 2.20. The molecular formula is C14H12F3N3. The maximum absolute atomic E-state index is 13.1. The summed E-state index contributed by atoms with van der Waals surface area (Å²) in [6.07, 6.45) is -2.35. The molecule has 0 aliphatic carbocycles. The number of hydrogen-bond acceptors (Lipinski definition) is 3. The van der Waals surface area contributed by atoms with Gasteiger partial charge in [0.25, 0.3) is 0 Å². The molecule has 1 N–H and O–H groups in total. The van der Waals surface area contributed by atoms with Crippen LogP contribution in [0.4, 0.5) is 13.2 Å². The first-order valence-corrected chi connectivity index (χ1v) is 6.27. The average molecular weight is 279 g/mol. The topological polar surface area (TPSA) is 37.8 Å². The minimum Gasteiger partial charge on any atom is -0.312 e. The van der Waals surface area contributed by atoms with Gasteiger partial charge < -0.3 is 5.32 Å². The van der Waals surface area contributed by atoms with Crippen LogP contribution in [0.3, 0.4) is 0 Å². The van der Waals surface area contributed by atoms with Crippen LogP contribution in [0.2, 0.25) is 0 Å². The second-order valence-corrected chi connectivity index (χ2v) is 4.62. The molecule has 3 rings (SSSR count). The molecule has 0 bridgehead atoms. The highest BCUT2D eigenvalue weighted by Gasteiger charge is 2.34. The molecule has 0 amide bonds. The van der Waals surface area contributed by atoms with E-state index in [0.717, 1.165) is 23.9 Å². The van der Waals surface area contributed by atoms with Crippen LogP contribution < -0.4 is 5.32 Å². The maximum Gasteiger partial charge on any atom is 0.417 e. The summed E-state index contributed by atoms with van der Waals surface area (Å²) < 4.78 is 39.3. The predicted octanol–water partition coefficient (Wildman–Crippen LogP) is 2.81. The summed E-state index contributed by atoms with van der Waals surface area (Å²) in [7, 11) is 0. The predicted molar refractivity (Wildman–Crippen MR) is 67.9 cm³/mol. The van der Waals surface area contributed by atoms with Gasteiger partial charge in [0, 0.05) is 30.6 Å². The summed E-state index contributed by atoms with van der Waals surface area (Å²) in [4.78, 5) is 8.25. The van der Waals surface area contributed by atoms with Crippen molar-refractivity contribution in [3.05, 3.63) is 47.4 Å². The summed E-state index contributed by atoms with van der Waals surface area (Å²) in [6, 6.07) is 5.52. The van der Waals surface area contributed by atoms with Gasteiger partial charge in [-0.15, -0.1) is 0 Å². The lowest BCUT2D eigenvalue weighted by Crippen LogP contribution is -2.25. The maximum atomic E-state index is 13.1. The van der Waals surface area contributed by atoms with Crippen LogP contribution in [0.15, 0.2) is 30.6 Å². The summed E-state index contributed by atoms with van der Waals surface area (Å²) in [5.41, 5.74) is 1.41. The zero-order valence-corrected chi connectivity index (χ0v) is 10.5. The molecule has 0 fully saturated rings. The fourth-order valence-electron chi connectivity index (χ4n) is 2.44. The molecule has 0 atom stereocenters.